The van der Waals surface area contributed by atoms with E-state index in [0.717, 1.165) is 16.8 Å². The van der Waals surface area contributed by atoms with Crippen LogP contribution in [0.25, 0.3) is 16.2 Å². The van der Waals surface area contributed by atoms with E-state index >= 15 is 0 Å². The van der Waals surface area contributed by atoms with Gasteiger partial charge in [-0.05, 0) is 36.6 Å². The minimum Gasteiger partial charge on any atom is -0.313 e. The molecule has 1 aromatic heterocycles. The zero-order valence-corrected chi connectivity index (χ0v) is 14.2. The van der Waals surface area contributed by atoms with Crippen molar-refractivity contribution in [2.24, 2.45) is 0 Å². The molecule has 0 radical (unpaired) electrons. The minimum atomic E-state index is -0.551. The number of halogens is 2. The quantitative estimate of drug-likeness (QED) is 0.817. The number of hydrogen-bond acceptors (Lipinski definition) is 2. The number of nitrogens with zero attached hydrogens (tertiary/aromatic N) is 1. The Morgan fingerprint density at radius 3 is 2.79 bits per heavy atom. The summed E-state index contributed by atoms with van der Waals surface area (Å²) >= 11 is 5.98. The summed E-state index contributed by atoms with van der Waals surface area (Å²) in [5.41, 5.74) is 2.98. The van der Waals surface area contributed by atoms with Gasteiger partial charge in [0.1, 0.15) is 5.82 Å². The van der Waals surface area contributed by atoms with E-state index in [0.29, 0.717) is 17.0 Å². The molecule has 1 aromatic carbocycles. The Morgan fingerprint density at radius 2 is 2.12 bits per heavy atom. The average molecular weight is 343 g/mol. The van der Waals surface area contributed by atoms with Gasteiger partial charge in [-0.25, -0.2) is 4.39 Å². The second-order valence-electron chi connectivity index (χ2n) is 5.07. The van der Waals surface area contributed by atoms with Gasteiger partial charge in [0.25, 0.3) is 5.91 Å². The van der Waals surface area contributed by atoms with Crippen LogP contribution in [0.1, 0.15) is 24.6 Å². The van der Waals surface area contributed by atoms with Crippen molar-refractivity contribution in [1.29, 1.82) is 0 Å². The molecule has 0 aliphatic rings. The van der Waals surface area contributed by atoms with Crippen molar-refractivity contribution >= 4 is 28.2 Å². The smallest absolute Gasteiger partial charge is 0.300 e. The predicted molar refractivity (Wildman–Crippen MR) is 96.0 cm³/mol. The second-order valence-corrected chi connectivity index (χ2v) is 5.52. The molecule has 5 heteroatoms. The van der Waals surface area contributed by atoms with Crippen LogP contribution in [0.4, 0.5) is 10.1 Å². The third-order valence-electron chi connectivity index (χ3n) is 3.31. The number of carbonyl (C=O) groups is 1. The van der Waals surface area contributed by atoms with E-state index in [4.69, 9.17) is 11.6 Å². The number of aryl methyl sites for hydroxylation is 1. The maximum absolute atomic E-state index is 13.9. The first kappa shape index (κ1) is 17.7. The van der Waals surface area contributed by atoms with Crippen molar-refractivity contribution in [2.45, 2.75) is 20.3 Å². The molecule has 24 heavy (non-hydrogen) atoms. The number of nitrogens with one attached hydrogen (secondary N) is 1. The van der Waals surface area contributed by atoms with Crippen LogP contribution in [0.15, 0.2) is 37.0 Å². The largest absolute Gasteiger partial charge is 0.313 e. The summed E-state index contributed by atoms with van der Waals surface area (Å²) in [6, 6.07) is 6.25. The molecule has 0 unspecified atom stereocenters. The molecule has 122 valence electrons. The minimum absolute atomic E-state index is 0.0646. The highest BCUT2D eigenvalue weighted by molar-refractivity contribution is 6.48. The SMILES string of the molecule is C=C(Cl)c1cc(-c2ccc(F)c(NC(=O)C#CCC)c2)cnc1C. The lowest BCUT2D eigenvalue weighted by molar-refractivity contribution is -0.111. The molecule has 3 nitrogen and oxygen atoms in total. The van der Waals surface area contributed by atoms with E-state index in [1.165, 1.54) is 12.1 Å². The third kappa shape index (κ3) is 4.21. The highest BCUT2D eigenvalue weighted by Crippen LogP contribution is 2.28. The number of amides is 1. The molecule has 2 rings (SSSR count). The zero-order chi connectivity index (χ0) is 17.7. The molecule has 0 saturated heterocycles. The summed E-state index contributed by atoms with van der Waals surface area (Å²) in [5.74, 6) is 3.95. The molecular formula is C19H16ClFN2O. The molecule has 0 bridgehead atoms. The van der Waals surface area contributed by atoms with Crippen molar-refractivity contribution < 1.29 is 9.18 Å². The van der Waals surface area contributed by atoms with Crippen molar-refractivity contribution in [3.05, 3.63) is 54.1 Å². The fourth-order valence-corrected chi connectivity index (χ4v) is 2.28. The van der Waals surface area contributed by atoms with E-state index in [2.05, 4.69) is 28.7 Å². The lowest BCUT2D eigenvalue weighted by Crippen LogP contribution is -2.10. The molecular weight excluding hydrogens is 327 g/mol. The number of aromatic nitrogens is 1. The van der Waals surface area contributed by atoms with Crippen LogP contribution in [0.2, 0.25) is 0 Å². The van der Waals surface area contributed by atoms with Gasteiger partial charge in [0, 0.05) is 34.5 Å². The van der Waals surface area contributed by atoms with Crippen LogP contribution in [-0.4, -0.2) is 10.9 Å². The molecule has 1 amide bonds. The Balaban J connectivity index is 2.39. The van der Waals surface area contributed by atoms with E-state index < -0.39 is 11.7 Å². The molecule has 0 aliphatic heterocycles. The van der Waals surface area contributed by atoms with E-state index in [-0.39, 0.29) is 5.69 Å². The first-order valence-electron chi connectivity index (χ1n) is 7.33. The molecule has 0 spiro atoms. The Labute approximate surface area is 145 Å². The number of hydrogen-bond donors (Lipinski definition) is 1. The van der Waals surface area contributed by atoms with Crippen molar-refractivity contribution in [3.63, 3.8) is 0 Å². The van der Waals surface area contributed by atoms with Gasteiger partial charge in [0.05, 0.1) is 5.69 Å². The van der Waals surface area contributed by atoms with Gasteiger partial charge in [-0.2, -0.15) is 0 Å². The average Bonchev–Trinajstić information content (AvgIpc) is 2.55. The predicted octanol–water partition coefficient (Wildman–Crippen LogP) is 4.76. The van der Waals surface area contributed by atoms with Gasteiger partial charge in [-0.3, -0.25) is 9.78 Å². The Hall–Kier alpha value is -2.64. The molecule has 0 fully saturated rings. The molecule has 0 atom stereocenters. The Bertz CT molecular complexity index is 865. The number of pyridine rings is 1. The van der Waals surface area contributed by atoms with Gasteiger partial charge in [0.2, 0.25) is 0 Å². The first-order chi connectivity index (χ1) is 11.4. The normalized spacial score (nSPS) is 9.83. The topological polar surface area (TPSA) is 42.0 Å². The van der Waals surface area contributed by atoms with Gasteiger partial charge in [-0.1, -0.05) is 37.1 Å². The molecule has 0 saturated carbocycles. The molecule has 1 N–H and O–H groups in total. The zero-order valence-electron chi connectivity index (χ0n) is 13.4. The summed E-state index contributed by atoms with van der Waals surface area (Å²) in [7, 11) is 0. The second kappa shape index (κ2) is 7.76. The molecule has 1 heterocycles. The number of rotatable bonds is 3. The summed E-state index contributed by atoms with van der Waals surface area (Å²) < 4.78 is 13.9. The fourth-order valence-electron chi connectivity index (χ4n) is 2.09. The van der Waals surface area contributed by atoms with Crippen LogP contribution < -0.4 is 5.32 Å². The highest BCUT2D eigenvalue weighted by Gasteiger charge is 2.10. The standard InChI is InChI=1S/C19H16ClFN2O/c1-4-5-6-19(24)23-18-10-14(7-8-17(18)21)15-9-16(12(2)20)13(3)22-11-15/h7-11H,2,4H2,1,3H3,(H,23,24). The number of benzene rings is 1. The third-order valence-corrected chi connectivity index (χ3v) is 3.51. The highest BCUT2D eigenvalue weighted by atomic mass is 35.5. The first-order valence-corrected chi connectivity index (χ1v) is 7.71. The Kier molecular flexibility index (Phi) is 5.73. The molecule has 0 aliphatic carbocycles. The summed E-state index contributed by atoms with van der Waals surface area (Å²) in [6.07, 6.45) is 2.21. The number of anilines is 1. The van der Waals surface area contributed by atoms with Gasteiger partial charge in [-0.15, -0.1) is 0 Å². The van der Waals surface area contributed by atoms with Gasteiger partial charge >= 0.3 is 0 Å². The van der Waals surface area contributed by atoms with Crippen LogP contribution >= 0.6 is 11.6 Å². The number of carbonyl (C=O) groups excluding carboxylic acids is 1. The maximum atomic E-state index is 13.9. The molecule has 2 aromatic rings. The van der Waals surface area contributed by atoms with Crippen molar-refractivity contribution in [3.8, 4) is 23.0 Å². The van der Waals surface area contributed by atoms with E-state index in [9.17, 15) is 9.18 Å². The van der Waals surface area contributed by atoms with Crippen LogP contribution in [0, 0.1) is 24.6 Å². The van der Waals surface area contributed by atoms with E-state index in [1.807, 2.05) is 19.9 Å². The van der Waals surface area contributed by atoms with Crippen LogP contribution in [-0.2, 0) is 4.79 Å². The lowest BCUT2D eigenvalue weighted by atomic mass is 10.0. The van der Waals surface area contributed by atoms with Crippen LogP contribution in [0.3, 0.4) is 0 Å². The Morgan fingerprint density at radius 1 is 1.38 bits per heavy atom. The fraction of sp³-hybridized carbons (Fsp3) is 0.158. The summed E-state index contributed by atoms with van der Waals surface area (Å²) in [5, 5.41) is 2.83. The monoisotopic (exact) mass is 342 g/mol. The van der Waals surface area contributed by atoms with Gasteiger partial charge in [0.15, 0.2) is 0 Å². The summed E-state index contributed by atoms with van der Waals surface area (Å²) in [6.45, 7) is 7.37. The van der Waals surface area contributed by atoms with Gasteiger partial charge < -0.3 is 5.32 Å². The maximum Gasteiger partial charge on any atom is 0.300 e. The van der Waals surface area contributed by atoms with Crippen LogP contribution in [0.5, 0.6) is 0 Å². The van der Waals surface area contributed by atoms with E-state index in [1.54, 1.807) is 12.3 Å². The van der Waals surface area contributed by atoms with Crippen molar-refractivity contribution in [1.82, 2.24) is 4.98 Å². The van der Waals surface area contributed by atoms with Crippen molar-refractivity contribution in [2.75, 3.05) is 5.32 Å². The summed E-state index contributed by atoms with van der Waals surface area (Å²) in [4.78, 5) is 15.9. The lowest BCUT2D eigenvalue weighted by Gasteiger charge is -2.09.